The van der Waals surface area contributed by atoms with Crippen LogP contribution in [0, 0.1) is 11.3 Å². The van der Waals surface area contributed by atoms with E-state index in [1.807, 2.05) is 0 Å². The Morgan fingerprint density at radius 1 is 1.38 bits per heavy atom. The minimum absolute atomic E-state index is 0.268. The Balaban J connectivity index is 2.58. The molecule has 96 valence electrons. The van der Waals surface area contributed by atoms with E-state index in [9.17, 15) is 0 Å². The van der Waals surface area contributed by atoms with Gasteiger partial charge >= 0.3 is 0 Å². The van der Waals surface area contributed by atoms with Crippen LogP contribution in [0.4, 0.5) is 0 Å². The highest BCUT2D eigenvalue weighted by molar-refractivity contribution is 4.91. The van der Waals surface area contributed by atoms with E-state index in [4.69, 9.17) is 0 Å². The molecule has 0 saturated carbocycles. The summed E-state index contributed by atoms with van der Waals surface area (Å²) in [6.07, 6.45) is 0. The molecule has 16 heavy (non-hydrogen) atoms. The molecule has 1 aliphatic rings. The zero-order chi connectivity index (χ0) is 12.6. The molecule has 1 heterocycles. The summed E-state index contributed by atoms with van der Waals surface area (Å²) >= 11 is 0. The third-order valence-electron chi connectivity index (χ3n) is 4.08. The minimum Gasteiger partial charge on any atom is -0.309 e. The fourth-order valence-corrected chi connectivity index (χ4v) is 2.14. The van der Waals surface area contributed by atoms with Crippen LogP contribution < -0.4 is 5.32 Å². The highest BCUT2D eigenvalue weighted by Gasteiger charge is 2.32. The Bertz CT molecular complexity index is 227. The smallest absolute Gasteiger partial charge is 0.0252 e. The van der Waals surface area contributed by atoms with Crippen LogP contribution >= 0.6 is 0 Å². The van der Waals surface area contributed by atoms with Crippen LogP contribution in [0.5, 0.6) is 0 Å². The van der Waals surface area contributed by atoms with Gasteiger partial charge in [0, 0.05) is 31.2 Å². The van der Waals surface area contributed by atoms with Crippen molar-refractivity contribution in [3.8, 4) is 0 Å². The molecule has 2 nitrogen and oxygen atoms in total. The van der Waals surface area contributed by atoms with Gasteiger partial charge in [-0.05, 0) is 32.1 Å². The average Bonchev–Trinajstić information content (AvgIpc) is 2.09. The van der Waals surface area contributed by atoms with Gasteiger partial charge in [0.05, 0.1) is 0 Å². The molecule has 0 amide bonds. The number of hydrogen-bond donors (Lipinski definition) is 1. The van der Waals surface area contributed by atoms with Crippen LogP contribution in [0.15, 0.2) is 0 Å². The summed E-state index contributed by atoms with van der Waals surface area (Å²) in [7, 11) is 0. The molecule has 0 radical (unpaired) electrons. The number of hydrogen-bond acceptors (Lipinski definition) is 2. The lowest BCUT2D eigenvalue weighted by atomic mass is 9.81. The fraction of sp³-hybridized carbons (Fsp3) is 1.00. The largest absolute Gasteiger partial charge is 0.309 e. The normalized spacial score (nSPS) is 29.1. The van der Waals surface area contributed by atoms with Crippen LogP contribution in [0.25, 0.3) is 0 Å². The molecule has 1 fully saturated rings. The standard InChI is InChI=1S/C14H30N2/c1-11(13(3,4)5)9-16-10-14(6,7)15-8-12(16)2/h11-12,15H,8-10H2,1-7H3. The van der Waals surface area contributed by atoms with Crippen molar-refractivity contribution >= 4 is 0 Å². The molecule has 0 bridgehead atoms. The highest BCUT2D eigenvalue weighted by Crippen LogP contribution is 2.27. The molecular formula is C14H30N2. The lowest BCUT2D eigenvalue weighted by Gasteiger charge is -2.45. The summed E-state index contributed by atoms with van der Waals surface area (Å²) in [5, 5.41) is 3.61. The van der Waals surface area contributed by atoms with Gasteiger partial charge < -0.3 is 5.32 Å². The van der Waals surface area contributed by atoms with Crippen LogP contribution in [0.3, 0.4) is 0 Å². The number of nitrogens with one attached hydrogen (secondary N) is 1. The first-order valence-corrected chi connectivity index (χ1v) is 6.61. The Morgan fingerprint density at radius 2 is 1.94 bits per heavy atom. The third-order valence-corrected chi connectivity index (χ3v) is 4.08. The number of piperazine rings is 1. The monoisotopic (exact) mass is 226 g/mol. The zero-order valence-corrected chi connectivity index (χ0v) is 12.2. The Hall–Kier alpha value is -0.0800. The van der Waals surface area contributed by atoms with Gasteiger partial charge in [0.2, 0.25) is 0 Å². The van der Waals surface area contributed by atoms with E-state index in [0.29, 0.717) is 11.5 Å². The fourth-order valence-electron chi connectivity index (χ4n) is 2.14. The van der Waals surface area contributed by atoms with Crippen molar-refractivity contribution in [1.82, 2.24) is 10.2 Å². The predicted molar refractivity (Wildman–Crippen MR) is 71.7 cm³/mol. The van der Waals surface area contributed by atoms with Gasteiger partial charge in [0.25, 0.3) is 0 Å². The SMILES string of the molecule is CC1CNC(C)(C)CN1CC(C)C(C)(C)C. The quantitative estimate of drug-likeness (QED) is 0.779. The van der Waals surface area contributed by atoms with E-state index in [2.05, 4.69) is 58.7 Å². The van der Waals surface area contributed by atoms with E-state index in [-0.39, 0.29) is 5.54 Å². The molecule has 0 aromatic rings. The maximum Gasteiger partial charge on any atom is 0.0252 e. The van der Waals surface area contributed by atoms with Crippen LogP contribution in [-0.2, 0) is 0 Å². The molecule has 0 spiro atoms. The second kappa shape index (κ2) is 4.66. The Morgan fingerprint density at radius 3 is 2.44 bits per heavy atom. The molecule has 1 rings (SSSR count). The number of rotatable bonds is 2. The van der Waals surface area contributed by atoms with Gasteiger partial charge in [-0.1, -0.05) is 27.7 Å². The van der Waals surface area contributed by atoms with E-state index < -0.39 is 0 Å². The second-order valence-corrected chi connectivity index (χ2v) is 7.31. The molecule has 0 aliphatic carbocycles. The predicted octanol–water partition coefficient (Wildman–Crippen LogP) is 2.74. The van der Waals surface area contributed by atoms with Gasteiger partial charge in [0.15, 0.2) is 0 Å². The summed E-state index contributed by atoms with van der Waals surface area (Å²) in [5.74, 6) is 0.740. The van der Waals surface area contributed by atoms with Crippen molar-refractivity contribution in [3.05, 3.63) is 0 Å². The lowest BCUT2D eigenvalue weighted by molar-refractivity contribution is 0.0673. The third kappa shape index (κ3) is 3.74. The first kappa shape index (κ1) is 14.0. The molecule has 0 aromatic carbocycles. The molecular weight excluding hydrogens is 196 g/mol. The van der Waals surface area contributed by atoms with Gasteiger partial charge in [0.1, 0.15) is 0 Å². The van der Waals surface area contributed by atoms with Crippen LogP contribution in [0.1, 0.15) is 48.5 Å². The van der Waals surface area contributed by atoms with Crippen LogP contribution in [-0.4, -0.2) is 36.1 Å². The van der Waals surface area contributed by atoms with E-state index in [1.54, 1.807) is 0 Å². The summed E-state index contributed by atoms with van der Waals surface area (Å²) in [6.45, 7) is 19.8. The average molecular weight is 226 g/mol. The zero-order valence-electron chi connectivity index (χ0n) is 12.2. The maximum absolute atomic E-state index is 3.61. The van der Waals surface area contributed by atoms with Crippen molar-refractivity contribution in [2.45, 2.75) is 60.0 Å². The van der Waals surface area contributed by atoms with Crippen molar-refractivity contribution < 1.29 is 0 Å². The van der Waals surface area contributed by atoms with Gasteiger partial charge in [-0.15, -0.1) is 0 Å². The first-order valence-electron chi connectivity index (χ1n) is 6.61. The van der Waals surface area contributed by atoms with Gasteiger partial charge in [-0.25, -0.2) is 0 Å². The van der Waals surface area contributed by atoms with E-state index >= 15 is 0 Å². The summed E-state index contributed by atoms with van der Waals surface area (Å²) < 4.78 is 0. The molecule has 1 N–H and O–H groups in total. The van der Waals surface area contributed by atoms with Crippen molar-refractivity contribution in [2.24, 2.45) is 11.3 Å². The minimum atomic E-state index is 0.268. The lowest BCUT2D eigenvalue weighted by Crippen LogP contribution is -2.61. The summed E-state index contributed by atoms with van der Waals surface area (Å²) in [6, 6.07) is 0.665. The van der Waals surface area contributed by atoms with E-state index in [0.717, 1.165) is 19.0 Å². The molecule has 1 saturated heterocycles. The van der Waals surface area contributed by atoms with Crippen molar-refractivity contribution in [3.63, 3.8) is 0 Å². The van der Waals surface area contributed by atoms with E-state index in [1.165, 1.54) is 6.54 Å². The molecule has 2 unspecified atom stereocenters. The first-order chi connectivity index (χ1) is 7.12. The Kier molecular flexibility index (Phi) is 4.07. The Labute approximate surface area is 102 Å². The highest BCUT2D eigenvalue weighted by atomic mass is 15.2. The maximum atomic E-state index is 3.61. The van der Waals surface area contributed by atoms with Crippen LogP contribution in [0.2, 0.25) is 0 Å². The number of nitrogens with zero attached hydrogens (tertiary/aromatic N) is 1. The van der Waals surface area contributed by atoms with Gasteiger partial charge in [-0.2, -0.15) is 0 Å². The molecule has 2 atom stereocenters. The summed E-state index contributed by atoms with van der Waals surface area (Å²) in [5.41, 5.74) is 0.679. The summed E-state index contributed by atoms with van der Waals surface area (Å²) in [4.78, 5) is 2.65. The topological polar surface area (TPSA) is 15.3 Å². The molecule has 1 aliphatic heterocycles. The molecule has 0 aromatic heterocycles. The van der Waals surface area contributed by atoms with Gasteiger partial charge in [-0.3, -0.25) is 4.90 Å². The van der Waals surface area contributed by atoms with Crippen molar-refractivity contribution in [2.75, 3.05) is 19.6 Å². The molecule has 2 heteroatoms. The second-order valence-electron chi connectivity index (χ2n) is 7.31. The van der Waals surface area contributed by atoms with Crippen molar-refractivity contribution in [1.29, 1.82) is 0 Å².